The zero-order chi connectivity index (χ0) is 30.0. The highest BCUT2D eigenvalue weighted by Gasteiger charge is 2.80. The van der Waals surface area contributed by atoms with Gasteiger partial charge in [0.25, 0.3) is 0 Å². The Labute approximate surface area is 204 Å². The van der Waals surface area contributed by atoms with Gasteiger partial charge in [0.15, 0.2) is 43.0 Å². The van der Waals surface area contributed by atoms with Crippen molar-refractivity contribution in [2.75, 3.05) is 0 Å². The Hall–Kier alpha value is -6.56. The lowest BCUT2D eigenvalue weighted by Gasteiger charge is -2.03. The zero-order valence-electron chi connectivity index (χ0n) is 17.6. The Morgan fingerprint density at radius 1 is 0.538 bits per heavy atom. The fourth-order valence-corrected chi connectivity index (χ4v) is 2.50. The first-order valence-corrected chi connectivity index (χ1v) is 8.61. The Bertz CT molecular complexity index is 1260. The maximum absolute atomic E-state index is 11.2. The van der Waals surface area contributed by atoms with Crippen molar-refractivity contribution < 1.29 is 44.1 Å². The molecule has 0 radical (unpaired) electrons. The standard InChI is InChI=1S/C8H4N14O17/c23-15(24)5-9-3(7(17(27)28,18(29)30)19(31)32)11-13(5)1-39-2-14-6(16(25)26)10-4(12-14)8(20(33)34,21(35)36)22(37)38/h1-2H2. The Morgan fingerprint density at radius 3 is 1.00 bits per heavy atom. The number of ether oxygens (including phenoxy) is 1. The van der Waals surface area contributed by atoms with Crippen molar-refractivity contribution in [2.45, 2.75) is 25.0 Å². The molecule has 31 nitrogen and oxygen atoms in total. The predicted molar refractivity (Wildman–Crippen MR) is 99.8 cm³/mol. The molecule has 0 saturated carbocycles. The molecule has 0 fully saturated rings. The second-order valence-corrected chi connectivity index (χ2v) is 6.26. The van der Waals surface area contributed by atoms with Gasteiger partial charge in [-0.3, -0.25) is 60.7 Å². The van der Waals surface area contributed by atoms with Crippen LogP contribution in [0.15, 0.2) is 0 Å². The minimum Gasteiger partial charge on any atom is -0.390 e. The van der Waals surface area contributed by atoms with Crippen LogP contribution in [0, 0.1) is 80.9 Å². The first-order chi connectivity index (χ1) is 18.0. The number of rotatable bonds is 14. The van der Waals surface area contributed by atoms with E-state index in [1.54, 1.807) is 0 Å². The molecule has 31 heteroatoms. The molecule has 0 bridgehead atoms. The SMILES string of the molecule is O=[N+]([O-])c1nc(C([N+](=O)[O-])([N+](=O)[O-])[N+](=O)[O-])nn1COCn1nc(C([N+](=O)[O-])([N+](=O)[O-])[N+](=O)[O-])nc1[N+](=O)[O-]. The van der Waals surface area contributed by atoms with E-state index in [2.05, 4.69) is 20.2 Å². The molecule has 2 rings (SSSR count). The molecule has 0 atom stereocenters. The molecule has 208 valence electrons. The maximum Gasteiger partial charge on any atom is 0.782 e. The van der Waals surface area contributed by atoms with Crippen LogP contribution in [0.25, 0.3) is 0 Å². The minimum absolute atomic E-state index is 0.139. The van der Waals surface area contributed by atoms with Crippen LogP contribution >= 0.6 is 0 Å². The number of aromatic nitrogens is 6. The van der Waals surface area contributed by atoms with Crippen LogP contribution in [0.2, 0.25) is 0 Å². The molecular formula is C8H4N14O17. The summed E-state index contributed by atoms with van der Waals surface area (Å²) in [6.45, 7) is -2.80. The van der Waals surface area contributed by atoms with E-state index in [1.807, 2.05) is 0 Å². The fourth-order valence-electron chi connectivity index (χ4n) is 2.50. The number of hydrogen-bond acceptors (Lipinski definition) is 21. The van der Waals surface area contributed by atoms with Gasteiger partial charge in [0.1, 0.15) is 0 Å². The molecule has 0 aliphatic carbocycles. The van der Waals surface area contributed by atoms with Crippen molar-refractivity contribution in [1.82, 2.24) is 29.5 Å². The largest absolute Gasteiger partial charge is 0.782 e. The fraction of sp³-hybridized carbons (Fsp3) is 0.500. The lowest BCUT2D eigenvalue weighted by Crippen LogP contribution is -2.51. The van der Waals surface area contributed by atoms with Gasteiger partial charge < -0.3 is 25.0 Å². The molecule has 0 aliphatic heterocycles. The van der Waals surface area contributed by atoms with Gasteiger partial charge in [-0.2, -0.15) is 0 Å². The van der Waals surface area contributed by atoms with Crippen LogP contribution in [0.5, 0.6) is 0 Å². The highest BCUT2D eigenvalue weighted by Crippen LogP contribution is 2.27. The lowest BCUT2D eigenvalue weighted by atomic mass is 10.3. The van der Waals surface area contributed by atoms with Gasteiger partial charge in [0.05, 0.1) is 0 Å². The van der Waals surface area contributed by atoms with Gasteiger partial charge in [0.2, 0.25) is 0 Å². The van der Waals surface area contributed by atoms with E-state index < -0.39 is 88.0 Å². The molecule has 0 unspecified atom stereocenters. The van der Waals surface area contributed by atoms with E-state index >= 15 is 0 Å². The van der Waals surface area contributed by atoms with Gasteiger partial charge in [-0.15, -0.1) is 9.36 Å². The van der Waals surface area contributed by atoms with E-state index in [-0.39, 0.29) is 9.36 Å². The lowest BCUT2D eigenvalue weighted by molar-refractivity contribution is -0.987. The summed E-state index contributed by atoms with van der Waals surface area (Å²) in [4.78, 5) is 79.2. The molecule has 2 aromatic rings. The summed E-state index contributed by atoms with van der Waals surface area (Å²) in [5, 5.41) is 95.0. The molecule has 2 aromatic heterocycles. The summed E-state index contributed by atoms with van der Waals surface area (Å²) < 4.78 is 4.42. The third kappa shape index (κ3) is 4.32. The van der Waals surface area contributed by atoms with E-state index in [1.165, 1.54) is 0 Å². The Kier molecular flexibility index (Phi) is 7.23. The van der Waals surface area contributed by atoms with E-state index in [4.69, 9.17) is 4.74 Å². The molecule has 0 amide bonds. The molecule has 0 spiro atoms. The third-order valence-corrected chi connectivity index (χ3v) is 4.19. The highest BCUT2D eigenvalue weighted by atomic mass is 16.7. The van der Waals surface area contributed by atoms with E-state index in [0.717, 1.165) is 0 Å². The summed E-state index contributed by atoms with van der Waals surface area (Å²) in [5.74, 6) is -16.1. The van der Waals surface area contributed by atoms with Crippen LogP contribution in [-0.2, 0) is 29.8 Å². The van der Waals surface area contributed by atoms with Crippen molar-refractivity contribution in [1.29, 1.82) is 0 Å². The normalized spacial score (nSPS) is 11.5. The molecule has 0 aliphatic rings. The van der Waals surface area contributed by atoms with Crippen molar-refractivity contribution in [2.24, 2.45) is 0 Å². The third-order valence-electron chi connectivity index (χ3n) is 4.19. The second kappa shape index (κ2) is 9.83. The minimum atomic E-state index is -4.52. The van der Waals surface area contributed by atoms with Gasteiger partial charge in [-0.05, 0) is 30.0 Å². The molecular weight excluding hydrogens is 564 g/mol. The van der Waals surface area contributed by atoms with Crippen molar-refractivity contribution >= 4 is 11.9 Å². The van der Waals surface area contributed by atoms with Gasteiger partial charge in [-0.1, -0.05) is 0 Å². The topological polar surface area (TPSA) is 416 Å². The number of nitrogens with zero attached hydrogens (tertiary/aromatic N) is 14. The van der Waals surface area contributed by atoms with Crippen LogP contribution < -0.4 is 0 Å². The van der Waals surface area contributed by atoms with Crippen LogP contribution in [-0.4, -0.2) is 68.9 Å². The maximum atomic E-state index is 11.2. The average molecular weight is 568 g/mol. The molecule has 0 aromatic carbocycles. The quantitative estimate of drug-likeness (QED) is 0.126. The molecule has 0 saturated heterocycles. The summed E-state index contributed by atoms with van der Waals surface area (Å²) in [6.07, 6.45) is 0. The molecule has 39 heavy (non-hydrogen) atoms. The summed E-state index contributed by atoms with van der Waals surface area (Å²) in [7, 11) is 0. The highest BCUT2D eigenvalue weighted by molar-refractivity contribution is 5.09. The van der Waals surface area contributed by atoms with E-state index in [9.17, 15) is 80.9 Å². The van der Waals surface area contributed by atoms with Gasteiger partial charge >= 0.3 is 35.1 Å². The second-order valence-electron chi connectivity index (χ2n) is 6.26. The van der Waals surface area contributed by atoms with Crippen LogP contribution in [0.3, 0.4) is 0 Å². The monoisotopic (exact) mass is 568 g/mol. The summed E-state index contributed by atoms with van der Waals surface area (Å²) >= 11 is 0. The van der Waals surface area contributed by atoms with Crippen LogP contribution in [0.4, 0.5) is 11.9 Å². The first kappa shape index (κ1) is 28.7. The smallest absolute Gasteiger partial charge is 0.390 e. The summed E-state index contributed by atoms with van der Waals surface area (Å²) in [6, 6.07) is 0. The number of nitro groups is 8. The number of hydrogen-bond donors (Lipinski definition) is 0. The summed E-state index contributed by atoms with van der Waals surface area (Å²) in [5.41, 5.74) is 0. The molecule has 2 heterocycles. The predicted octanol–water partition coefficient (Wildman–Crippen LogP) is -2.80. The zero-order valence-corrected chi connectivity index (χ0v) is 17.6. The van der Waals surface area contributed by atoms with Gasteiger partial charge in [0, 0.05) is 0 Å². The van der Waals surface area contributed by atoms with Crippen molar-refractivity contribution in [3.63, 3.8) is 0 Å². The average Bonchev–Trinajstić information content (AvgIpc) is 3.38. The first-order valence-electron chi connectivity index (χ1n) is 8.61. The Balaban J connectivity index is 2.52. The van der Waals surface area contributed by atoms with Gasteiger partial charge in [-0.25, -0.2) is 0 Å². The Morgan fingerprint density at radius 2 is 0.795 bits per heavy atom. The van der Waals surface area contributed by atoms with Crippen LogP contribution in [0.1, 0.15) is 11.6 Å². The van der Waals surface area contributed by atoms with E-state index in [0.29, 0.717) is 0 Å². The van der Waals surface area contributed by atoms with Crippen molar-refractivity contribution in [3.05, 3.63) is 92.6 Å². The van der Waals surface area contributed by atoms with Crippen molar-refractivity contribution in [3.8, 4) is 0 Å². The molecule has 0 N–H and O–H groups in total.